The Morgan fingerprint density at radius 1 is 1.08 bits per heavy atom. The topological polar surface area (TPSA) is 77.2 Å². The molecule has 0 saturated heterocycles. The predicted octanol–water partition coefficient (Wildman–Crippen LogP) is 3.61. The minimum absolute atomic E-state index is 0.100. The lowest BCUT2D eigenvalue weighted by Crippen LogP contribution is -2.13. The Kier molecular flexibility index (Phi) is 4.29. The van der Waals surface area contributed by atoms with Gasteiger partial charge in [-0.15, -0.1) is 10.2 Å². The molecule has 0 saturated carbocycles. The predicted molar refractivity (Wildman–Crippen MR) is 90.2 cm³/mol. The van der Waals surface area contributed by atoms with Crippen LogP contribution in [0.1, 0.15) is 21.8 Å². The standard InChI is InChI=1S/C18H17N3O3/c1-11-7-6-9-14(12(11)2)19-16(22)18-21-20-17(24-18)13-8-4-5-10-15(13)23-3/h4-10H,1-3H3,(H,19,22). The Balaban J connectivity index is 1.85. The molecule has 0 radical (unpaired) electrons. The zero-order chi connectivity index (χ0) is 17.1. The summed E-state index contributed by atoms with van der Waals surface area (Å²) in [6.07, 6.45) is 0. The molecular weight excluding hydrogens is 306 g/mol. The van der Waals surface area contributed by atoms with Crippen molar-refractivity contribution < 1.29 is 13.9 Å². The number of aromatic nitrogens is 2. The quantitative estimate of drug-likeness (QED) is 0.793. The van der Waals surface area contributed by atoms with E-state index in [2.05, 4.69) is 15.5 Å². The van der Waals surface area contributed by atoms with E-state index in [0.29, 0.717) is 11.3 Å². The van der Waals surface area contributed by atoms with Gasteiger partial charge in [0.25, 0.3) is 5.89 Å². The highest BCUT2D eigenvalue weighted by atomic mass is 16.5. The number of carbonyl (C=O) groups is 1. The van der Waals surface area contributed by atoms with Crippen molar-refractivity contribution in [1.29, 1.82) is 0 Å². The lowest BCUT2D eigenvalue weighted by Gasteiger charge is -2.08. The second-order valence-corrected chi connectivity index (χ2v) is 5.31. The Morgan fingerprint density at radius 3 is 2.67 bits per heavy atom. The fraction of sp³-hybridized carbons (Fsp3) is 0.167. The lowest BCUT2D eigenvalue weighted by molar-refractivity contribution is 0.0990. The molecule has 0 atom stereocenters. The molecular formula is C18H17N3O3. The zero-order valence-electron chi connectivity index (χ0n) is 13.7. The molecule has 24 heavy (non-hydrogen) atoms. The SMILES string of the molecule is COc1ccccc1-c1nnc(C(=O)Nc2cccc(C)c2C)o1. The number of hydrogen-bond acceptors (Lipinski definition) is 5. The highest BCUT2D eigenvalue weighted by Crippen LogP contribution is 2.28. The summed E-state index contributed by atoms with van der Waals surface area (Å²) in [5.74, 6) is 0.287. The number of para-hydroxylation sites is 1. The number of hydrogen-bond donors (Lipinski definition) is 1. The van der Waals surface area contributed by atoms with E-state index < -0.39 is 5.91 Å². The largest absolute Gasteiger partial charge is 0.496 e. The van der Waals surface area contributed by atoms with Crippen LogP contribution in [0.2, 0.25) is 0 Å². The van der Waals surface area contributed by atoms with E-state index in [1.54, 1.807) is 19.2 Å². The van der Waals surface area contributed by atoms with Crippen molar-refractivity contribution in [1.82, 2.24) is 10.2 Å². The Bertz CT molecular complexity index is 887. The van der Waals surface area contributed by atoms with Gasteiger partial charge in [0.2, 0.25) is 0 Å². The smallest absolute Gasteiger partial charge is 0.313 e. The summed E-state index contributed by atoms with van der Waals surface area (Å²) >= 11 is 0. The van der Waals surface area contributed by atoms with E-state index >= 15 is 0 Å². The molecule has 122 valence electrons. The van der Waals surface area contributed by atoms with E-state index in [-0.39, 0.29) is 11.8 Å². The van der Waals surface area contributed by atoms with E-state index in [0.717, 1.165) is 16.8 Å². The van der Waals surface area contributed by atoms with Crippen LogP contribution in [0.15, 0.2) is 46.9 Å². The van der Waals surface area contributed by atoms with Crippen molar-refractivity contribution in [2.75, 3.05) is 12.4 Å². The molecule has 0 spiro atoms. The summed E-state index contributed by atoms with van der Waals surface area (Å²) in [6.45, 7) is 3.93. The first-order valence-corrected chi connectivity index (χ1v) is 7.44. The molecule has 0 aliphatic heterocycles. The number of anilines is 1. The molecule has 2 aromatic carbocycles. The van der Waals surface area contributed by atoms with Gasteiger partial charge in [-0.3, -0.25) is 4.79 Å². The molecule has 0 fully saturated rings. The molecule has 0 bridgehead atoms. The van der Waals surface area contributed by atoms with Crippen LogP contribution >= 0.6 is 0 Å². The molecule has 0 unspecified atom stereocenters. The summed E-state index contributed by atoms with van der Waals surface area (Å²) in [4.78, 5) is 12.3. The molecule has 3 aromatic rings. The van der Waals surface area contributed by atoms with Gasteiger partial charge in [0.15, 0.2) is 0 Å². The number of carbonyl (C=O) groups excluding carboxylic acids is 1. The van der Waals surface area contributed by atoms with Gasteiger partial charge >= 0.3 is 11.8 Å². The van der Waals surface area contributed by atoms with Crippen LogP contribution < -0.4 is 10.1 Å². The monoisotopic (exact) mass is 323 g/mol. The summed E-state index contributed by atoms with van der Waals surface area (Å²) < 4.78 is 10.8. The van der Waals surface area contributed by atoms with Crippen LogP contribution in [0.4, 0.5) is 5.69 Å². The van der Waals surface area contributed by atoms with E-state index in [1.165, 1.54) is 0 Å². The maximum absolute atomic E-state index is 12.3. The van der Waals surface area contributed by atoms with Crippen LogP contribution in [0.25, 0.3) is 11.5 Å². The van der Waals surface area contributed by atoms with Crippen molar-refractivity contribution in [3.63, 3.8) is 0 Å². The van der Waals surface area contributed by atoms with Gasteiger partial charge in [0.1, 0.15) is 5.75 Å². The lowest BCUT2D eigenvalue weighted by atomic mass is 10.1. The van der Waals surface area contributed by atoms with Crippen LogP contribution in [-0.4, -0.2) is 23.2 Å². The van der Waals surface area contributed by atoms with Crippen LogP contribution in [0, 0.1) is 13.8 Å². The van der Waals surface area contributed by atoms with E-state index in [4.69, 9.17) is 9.15 Å². The van der Waals surface area contributed by atoms with Crippen molar-refractivity contribution in [2.45, 2.75) is 13.8 Å². The summed E-state index contributed by atoms with van der Waals surface area (Å²) in [6, 6.07) is 12.9. The number of methoxy groups -OCH3 is 1. The molecule has 3 rings (SSSR count). The molecule has 6 heteroatoms. The molecule has 1 heterocycles. The number of rotatable bonds is 4. The van der Waals surface area contributed by atoms with Gasteiger partial charge in [-0.05, 0) is 43.2 Å². The average molecular weight is 323 g/mol. The molecule has 6 nitrogen and oxygen atoms in total. The fourth-order valence-electron chi connectivity index (χ4n) is 2.31. The second kappa shape index (κ2) is 6.54. The maximum Gasteiger partial charge on any atom is 0.313 e. The third-order valence-electron chi connectivity index (χ3n) is 3.81. The number of amides is 1. The van der Waals surface area contributed by atoms with Crippen molar-refractivity contribution in [2.24, 2.45) is 0 Å². The average Bonchev–Trinajstić information content (AvgIpc) is 3.09. The van der Waals surface area contributed by atoms with Gasteiger partial charge in [0.05, 0.1) is 12.7 Å². The first-order chi connectivity index (χ1) is 11.6. The minimum Gasteiger partial charge on any atom is -0.496 e. The molecule has 0 aliphatic rings. The minimum atomic E-state index is -0.447. The highest BCUT2D eigenvalue weighted by molar-refractivity contribution is 6.01. The fourth-order valence-corrected chi connectivity index (χ4v) is 2.31. The van der Waals surface area contributed by atoms with Crippen molar-refractivity contribution in [3.05, 3.63) is 59.5 Å². The summed E-state index contributed by atoms with van der Waals surface area (Å²) in [5, 5.41) is 10.6. The number of ether oxygens (including phenoxy) is 1. The first kappa shape index (κ1) is 15.7. The molecule has 1 aromatic heterocycles. The zero-order valence-corrected chi connectivity index (χ0v) is 13.7. The summed E-state index contributed by atoms with van der Waals surface area (Å²) in [7, 11) is 1.56. The van der Waals surface area contributed by atoms with Gasteiger partial charge in [-0.2, -0.15) is 0 Å². The Hall–Kier alpha value is -3.15. The Morgan fingerprint density at radius 2 is 1.88 bits per heavy atom. The van der Waals surface area contributed by atoms with Gasteiger partial charge in [0, 0.05) is 5.69 Å². The normalized spacial score (nSPS) is 10.5. The van der Waals surface area contributed by atoms with Crippen LogP contribution in [-0.2, 0) is 0 Å². The molecule has 0 aliphatic carbocycles. The molecule has 1 N–H and O–H groups in total. The second-order valence-electron chi connectivity index (χ2n) is 5.31. The van der Waals surface area contributed by atoms with Gasteiger partial charge in [-0.25, -0.2) is 0 Å². The maximum atomic E-state index is 12.3. The molecule has 1 amide bonds. The van der Waals surface area contributed by atoms with Crippen molar-refractivity contribution in [3.8, 4) is 17.2 Å². The number of benzene rings is 2. The number of aryl methyl sites for hydroxylation is 1. The van der Waals surface area contributed by atoms with Crippen molar-refractivity contribution >= 4 is 11.6 Å². The summed E-state index contributed by atoms with van der Waals surface area (Å²) in [5.41, 5.74) is 3.44. The van der Waals surface area contributed by atoms with Gasteiger partial charge in [-0.1, -0.05) is 24.3 Å². The van der Waals surface area contributed by atoms with E-state index in [1.807, 2.05) is 44.2 Å². The highest BCUT2D eigenvalue weighted by Gasteiger charge is 2.18. The van der Waals surface area contributed by atoms with Crippen LogP contribution in [0.3, 0.4) is 0 Å². The third-order valence-corrected chi connectivity index (χ3v) is 3.81. The van der Waals surface area contributed by atoms with E-state index in [9.17, 15) is 4.79 Å². The number of nitrogens with zero attached hydrogens (tertiary/aromatic N) is 2. The number of nitrogens with one attached hydrogen (secondary N) is 1. The first-order valence-electron chi connectivity index (χ1n) is 7.44. The van der Waals surface area contributed by atoms with Gasteiger partial charge < -0.3 is 14.5 Å². The Labute approximate surface area is 139 Å². The van der Waals surface area contributed by atoms with Crippen LogP contribution in [0.5, 0.6) is 5.75 Å². The third kappa shape index (κ3) is 2.99.